The van der Waals surface area contributed by atoms with Gasteiger partial charge in [0, 0.05) is 5.69 Å². The molecule has 0 bridgehead atoms. The van der Waals surface area contributed by atoms with Gasteiger partial charge in [0.2, 0.25) is 10.0 Å². The number of hydrogen-bond acceptors (Lipinski definition) is 5. The van der Waals surface area contributed by atoms with Gasteiger partial charge in [-0.3, -0.25) is 9.59 Å². The molecule has 3 N–H and O–H groups in total. The Bertz CT molecular complexity index is 913. The van der Waals surface area contributed by atoms with Crippen molar-refractivity contribution in [2.24, 2.45) is 5.14 Å². The predicted octanol–water partition coefficient (Wildman–Crippen LogP) is 2.40. The van der Waals surface area contributed by atoms with Gasteiger partial charge in [-0.2, -0.15) is 0 Å². The van der Waals surface area contributed by atoms with Crippen LogP contribution < -0.4 is 10.5 Å². The van der Waals surface area contributed by atoms with Gasteiger partial charge < -0.3 is 10.1 Å². The highest BCUT2D eigenvalue weighted by Gasteiger charge is 2.20. The first-order valence-corrected chi connectivity index (χ1v) is 9.89. The minimum Gasteiger partial charge on any atom is -0.453 e. The Labute approximate surface area is 158 Å². The lowest BCUT2D eigenvalue weighted by Crippen LogP contribution is -2.30. The molecule has 0 aliphatic carbocycles. The van der Waals surface area contributed by atoms with Gasteiger partial charge in [0.1, 0.15) is 0 Å². The molecule has 2 aromatic rings. The smallest absolute Gasteiger partial charge is 0.307 e. The lowest BCUT2D eigenvalue weighted by atomic mass is 9.98. The summed E-state index contributed by atoms with van der Waals surface area (Å²) in [4.78, 5) is 24.2. The van der Waals surface area contributed by atoms with Crippen LogP contribution in [0.4, 0.5) is 5.69 Å². The van der Waals surface area contributed by atoms with Crippen LogP contribution in [0.15, 0.2) is 59.5 Å². The number of carbonyl (C=O) groups excluding carboxylic acids is 2. The number of ether oxygens (including phenoxy) is 1. The zero-order valence-corrected chi connectivity index (χ0v) is 15.9. The van der Waals surface area contributed by atoms with Gasteiger partial charge in [-0.15, -0.1) is 0 Å². The third-order valence-corrected chi connectivity index (χ3v) is 4.86. The van der Waals surface area contributed by atoms with E-state index in [-0.39, 0.29) is 22.9 Å². The van der Waals surface area contributed by atoms with Crippen molar-refractivity contribution in [3.05, 3.63) is 60.2 Å². The minimum absolute atomic E-state index is 0.0413. The van der Waals surface area contributed by atoms with Crippen LogP contribution in [0.2, 0.25) is 0 Å². The molecule has 0 aromatic heterocycles. The second-order valence-corrected chi connectivity index (χ2v) is 7.77. The summed E-state index contributed by atoms with van der Waals surface area (Å²) >= 11 is 0. The molecule has 144 valence electrons. The minimum atomic E-state index is -3.88. The highest BCUT2D eigenvalue weighted by molar-refractivity contribution is 7.89. The van der Waals surface area contributed by atoms with Crippen LogP contribution in [0.25, 0.3) is 0 Å². The molecule has 0 saturated heterocycles. The number of hydrogen-bond donors (Lipinski definition) is 2. The van der Waals surface area contributed by atoms with Crippen molar-refractivity contribution >= 4 is 27.6 Å². The first-order valence-electron chi connectivity index (χ1n) is 8.35. The van der Waals surface area contributed by atoms with Gasteiger partial charge in [0.15, 0.2) is 6.10 Å². The van der Waals surface area contributed by atoms with Gasteiger partial charge >= 0.3 is 5.97 Å². The fourth-order valence-electron chi connectivity index (χ4n) is 2.44. The normalized spacial score (nSPS) is 13.4. The van der Waals surface area contributed by atoms with E-state index >= 15 is 0 Å². The Hall–Kier alpha value is -2.71. The van der Waals surface area contributed by atoms with E-state index in [0.29, 0.717) is 0 Å². The SMILES string of the molecule is C[C@H](OC(=O)C[C@@H](C)c1ccccc1)C(=O)Nc1cccc(S(N)(=O)=O)c1. The number of rotatable bonds is 7. The molecule has 0 spiro atoms. The van der Waals surface area contributed by atoms with Crippen LogP contribution in [-0.4, -0.2) is 26.4 Å². The Morgan fingerprint density at radius 1 is 1.07 bits per heavy atom. The summed E-state index contributed by atoms with van der Waals surface area (Å²) in [6, 6.07) is 15.0. The molecule has 2 aromatic carbocycles. The molecule has 7 nitrogen and oxygen atoms in total. The molecule has 0 heterocycles. The van der Waals surface area contributed by atoms with E-state index in [4.69, 9.17) is 9.88 Å². The van der Waals surface area contributed by atoms with Crippen molar-refractivity contribution in [2.45, 2.75) is 37.2 Å². The summed E-state index contributed by atoms with van der Waals surface area (Å²) in [5.74, 6) is -1.10. The lowest BCUT2D eigenvalue weighted by molar-refractivity contribution is -0.153. The third-order valence-electron chi connectivity index (χ3n) is 3.95. The Kier molecular flexibility index (Phi) is 6.70. The molecular weight excluding hydrogens is 368 g/mol. The summed E-state index contributed by atoms with van der Waals surface area (Å²) in [6.45, 7) is 3.35. The zero-order valence-electron chi connectivity index (χ0n) is 15.1. The number of nitrogens with one attached hydrogen (secondary N) is 1. The van der Waals surface area contributed by atoms with Crippen molar-refractivity contribution in [2.75, 3.05) is 5.32 Å². The maximum atomic E-state index is 12.2. The van der Waals surface area contributed by atoms with Crippen LogP contribution >= 0.6 is 0 Å². The maximum Gasteiger partial charge on any atom is 0.307 e. The molecular formula is C19H22N2O5S. The van der Waals surface area contributed by atoms with Crippen LogP contribution in [0, 0.1) is 0 Å². The van der Waals surface area contributed by atoms with Crippen molar-refractivity contribution in [3.8, 4) is 0 Å². The average molecular weight is 390 g/mol. The van der Waals surface area contributed by atoms with Crippen molar-refractivity contribution in [1.29, 1.82) is 0 Å². The van der Waals surface area contributed by atoms with Crippen LogP contribution in [-0.2, 0) is 24.3 Å². The fraction of sp³-hybridized carbons (Fsp3) is 0.263. The molecule has 0 aliphatic rings. The predicted molar refractivity (Wildman–Crippen MR) is 101 cm³/mol. The maximum absolute atomic E-state index is 12.2. The van der Waals surface area contributed by atoms with E-state index in [1.807, 2.05) is 37.3 Å². The second-order valence-electron chi connectivity index (χ2n) is 6.21. The number of anilines is 1. The number of amides is 1. The largest absolute Gasteiger partial charge is 0.453 e. The molecule has 0 fully saturated rings. The van der Waals surface area contributed by atoms with E-state index in [9.17, 15) is 18.0 Å². The molecule has 0 aliphatic heterocycles. The number of benzene rings is 2. The van der Waals surface area contributed by atoms with Gasteiger partial charge in [-0.1, -0.05) is 43.3 Å². The first kappa shape index (κ1) is 20.6. The van der Waals surface area contributed by atoms with Gasteiger partial charge in [-0.05, 0) is 36.6 Å². The molecule has 2 rings (SSSR count). The summed E-state index contributed by atoms with van der Waals surface area (Å²) < 4.78 is 27.9. The summed E-state index contributed by atoms with van der Waals surface area (Å²) in [6.07, 6.45) is -0.888. The molecule has 1 amide bonds. The second kappa shape index (κ2) is 8.79. The molecule has 2 atom stereocenters. The van der Waals surface area contributed by atoms with Crippen molar-refractivity contribution < 1.29 is 22.7 Å². The topological polar surface area (TPSA) is 116 Å². The average Bonchev–Trinajstić information content (AvgIpc) is 2.61. The quantitative estimate of drug-likeness (QED) is 0.704. The molecule has 0 radical (unpaired) electrons. The van der Waals surface area contributed by atoms with E-state index in [1.165, 1.54) is 31.2 Å². The van der Waals surface area contributed by atoms with Crippen molar-refractivity contribution in [3.63, 3.8) is 0 Å². The molecule has 27 heavy (non-hydrogen) atoms. The third kappa shape index (κ3) is 6.19. The molecule has 0 unspecified atom stereocenters. The van der Waals surface area contributed by atoms with Gasteiger partial charge in [0.05, 0.1) is 11.3 Å². The summed E-state index contributed by atoms with van der Waals surface area (Å²) in [5.41, 5.74) is 1.25. The van der Waals surface area contributed by atoms with Crippen LogP contribution in [0.1, 0.15) is 31.7 Å². The number of sulfonamides is 1. The number of carbonyl (C=O) groups is 2. The van der Waals surface area contributed by atoms with E-state index in [0.717, 1.165) is 5.56 Å². The van der Waals surface area contributed by atoms with E-state index in [1.54, 1.807) is 0 Å². The summed E-state index contributed by atoms with van der Waals surface area (Å²) in [5, 5.41) is 7.58. The Morgan fingerprint density at radius 2 is 1.74 bits per heavy atom. The van der Waals surface area contributed by atoms with Gasteiger partial charge in [0.25, 0.3) is 5.91 Å². The number of primary sulfonamides is 1. The van der Waals surface area contributed by atoms with Gasteiger partial charge in [-0.25, -0.2) is 13.6 Å². The number of esters is 1. The Balaban J connectivity index is 1.92. The monoisotopic (exact) mass is 390 g/mol. The number of nitrogens with two attached hydrogens (primary N) is 1. The summed E-state index contributed by atoms with van der Waals surface area (Å²) in [7, 11) is -3.88. The standard InChI is InChI=1S/C19H22N2O5S/c1-13(15-7-4-3-5-8-15)11-18(22)26-14(2)19(23)21-16-9-6-10-17(12-16)27(20,24)25/h3-10,12-14H,11H2,1-2H3,(H,21,23)(H2,20,24,25)/t13-,14+/m1/s1. The fourth-order valence-corrected chi connectivity index (χ4v) is 3.00. The highest BCUT2D eigenvalue weighted by atomic mass is 32.2. The molecule has 8 heteroatoms. The van der Waals surface area contributed by atoms with Crippen LogP contribution in [0.5, 0.6) is 0 Å². The van der Waals surface area contributed by atoms with Crippen molar-refractivity contribution in [1.82, 2.24) is 0 Å². The molecule has 0 saturated carbocycles. The van der Waals surface area contributed by atoms with E-state index < -0.39 is 28.0 Å². The highest BCUT2D eigenvalue weighted by Crippen LogP contribution is 2.19. The van der Waals surface area contributed by atoms with Crippen LogP contribution in [0.3, 0.4) is 0 Å². The lowest BCUT2D eigenvalue weighted by Gasteiger charge is -2.16. The zero-order chi connectivity index (χ0) is 20.0. The van der Waals surface area contributed by atoms with E-state index in [2.05, 4.69) is 5.32 Å². The Morgan fingerprint density at radius 3 is 2.37 bits per heavy atom. The first-order chi connectivity index (χ1) is 12.7.